The summed E-state index contributed by atoms with van der Waals surface area (Å²) in [6, 6.07) is 8.63. The van der Waals surface area contributed by atoms with Gasteiger partial charge in [0.2, 0.25) is 5.82 Å². The van der Waals surface area contributed by atoms with Crippen LogP contribution in [0, 0.1) is 29.1 Å². The van der Waals surface area contributed by atoms with Crippen molar-refractivity contribution in [2.45, 2.75) is 4.90 Å². The molecule has 3 aromatic carbocycles. The molecule has 0 fully saturated rings. The van der Waals surface area contributed by atoms with Gasteiger partial charge in [0.05, 0.1) is 37.9 Å². The zero-order chi connectivity index (χ0) is 27.2. The maximum atomic E-state index is 14.7. The van der Waals surface area contributed by atoms with Crippen LogP contribution in [0.1, 0.15) is 0 Å². The van der Waals surface area contributed by atoms with E-state index in [-0.39, 0.29) is 22.4 Å². The largest absolute Gasteiger partial charge is 0.497 e. The van der Waals surface area contributed by atoms with Crippen molar-refractivity contribution in [3.63, 3.8) is 0 Å². The van der Waals surface area contributed by atoms with Crippen molar-refractivity contribution in [2.24, 2.45) is 0 Å². The molecule has 0 aliphatic carbocycles. The average Bonchev–Trinajstić information content (AvgIpc) is 2.89. The van der Waals surface area contributed by atoms with Crippen molar-refractivity contribution in [1.29, 1.82) is 0 Å². The second-order valence-electron chi connectivity index (χ2n) is 7.51. The summed E-state index contributed by atoms with van der Waals surface area (Å²) in [7, 11) is -1.85. The predicted octanol–water partition coefficient (Wildman–Crippen LogP) is 4.63. The molecule has 1 heterocycles. The summed E-state index contributed by atoms with van der Waals surface area (Å²) in [6.07, 6.45) is 0. The van der Waals surface area contributed by atoms with Gasteiger partial charge in [0.15, 0.2) is 33.6 Å². The third kappa shape index (κ3) is 4.04. The topological polar surface area (TPSA) is 83.8 Å². The quantitative estimate of drug-likeness (QED) is 0.201. The standard InChI is InChI=1S/C24H16F5NO6S/c1-34-12-6-4-11(5-7-12)14-10-16(31)18-15(8-13(35-2)9-17(18)36-3)30(14)37(32,33)24-22(28)20(26)19(25)21(27)23(24)29/h4-10H,1-3H3. The molecular formula is C24H16F5NO6S. The van der Waals surface area contributed by atoms with Crippen molar-refractivity contribution < 1.29 is 44.6 Å². The lowest BCUT2D eigenvalue weighted by Gasteiger charge is -2.20. The number of hydrogen-bond acceptors (Lipinski definition) is 6. The Bertz CT molecular complexity index is 1690. The van der Waals surface area contributed by atoms with E-state index in [0.29, 0.717) is 9.72 Å². The fourth-order valence-electron chi connectivity index (χ4n) is 3.77. The molecule has 37 heavy (non-hydrogen) atoms. The smallest absolute Gasteiger partial charge is 0.274 e. The fraction of sp³-hybridized carbons (Fsp3) is 0.125. The molecule has 0 saturated heterocycles. The number of aromatic nitrogens is 1. The molecule has 4 aromatic rings. The molecule has 0 aliphatic heterocycles. The van der Waals surface area contributed by atoms with E-state index in [2.05, 4.69) is 0 Å². The molecule has 0 aliphatic rings. The average molecular weight is 541 g/mol. The van der Waals surface area contributed by atoms with Crippen LogP contribution < -0.4 is 19.6 Å². The van der Waals surface area contributed by atoms with E-state index < -0.39 is 60.6 Å². The van der Waals surface area contributed by atoms with Crippen molar-refractivity contribution >= 4 is 20.9 Å². The van der Waals surface area contributed by atoms with Crippen LogP contribution in [0.15, 0.2) is 52.2 Å². The van der Waals surface area contributed by atoms with Gasteiger partial charge in [-0.3, -0.25) is 4.79 Å². The van der Waals surface area contributed by atoms with E-state index in [0.717, 1.165) is 12.1 Å². The third-order valence-electron chi connectivity index (χ3n) is 5.52. The van der Waals surface area contributed by atoms with Gasteiger partial charge in [-0.25, -0.2) is 34.3 Å². The van der Waals surface area contributed by atoms with Crippen LogP contribution in [0.3, 0.4) is 0 Å². The maximum Gasteiger partial charge on any atom is 0.274 e. The SMILES string of the molecule is COc1ccc(-c2cc(=O)c3c(OC)cc(OC)cc3n2S(=O)(=O)c2c(F)c(F)c(F)c(F)c2F)cc1. The second kappa shape index (κ2) is 9.39. The Morgan fingerprint density at radius 1 is 0.703 bits per heavy atom. The zero-order valence-corrected chi connectivity index (χ0v) is 20.1. The Morgan fingerprint density at radius 3 is 1.76 bits per heavy atom. The summed E-state index contributed by atoms with van der Waals surface area (Å²) in [6.45, 7) is 0. The zero-order valence-electron chi connectivity index (χ0n) is 19.2. The van der Waals surface area contributed by atoms with Gasteiger partial charge in [-0.2, -0.15) is 0 Å². The number of methoxy groups -OCH3 is 3. The van der Waals surface area contributed by atoms with Gasteiger partial charge in [-0.05, 0) is 29.8 Å². The van der Waals surface area contributed by atoms with Crippen molar-refractivity contribution in [2.75, 3.05) is 21.3 Å². The minimum atomic E-state index is -5.61. The maximum absolute atomic E-state index is 14.7. The summed E-state index contributed by atoms with van der Waals surface area (Å²) in [5.41, 5.74) is -1.67. The first-order chi connectivity index (χ1) is 17.5. The summed E-state index contributed by atoms with van der Waals surface area (Å²) >= 11 is 0. The number of fused-ring (bicyclic) bond motifs is 1. The molecule has 7 nitrogen and oxygen atoms in total. The number of rotatable bonds is 6. The first-order valence-corrected chi connectivity index (χ1v) is 11.6. The second-order valence-corrected chi connectivity index (χ2v) is 9.24. The van der Waals surface area contributed by atoms with Crippen LogP contribution in [-0.4, -0.2) is 33.7 Å². The van der Waals surface area contributed by atoms with Gasteiger partial charge in [0, 0.05) is 18.2 Å². The fourth-order valence-corrected chi connectivity index (χ4v) is 5.41. The van der Waals surface area contributed by atoms with Crippen LogP contribution >= 0.6 is 0 Å². The molecule has 0 bridgehead atoms. The minimum Gasteiger partial charge on any atom is -0.497 e. The highest BCUT2D eigenvalue weighted by Crippen LogP contribution is 2.37. The summed E-state index contributed by atoms with van der Waals surface area (Å²) in [5, 5.41) is -0.354. The number of halogens is 5. The van der Waals surface area contributed by atoms with Gasteiger partial charge in [-0.1, -0.05) is 0 Å². The molecule has 0 amide bonds. The lowest BCUT2D eigenvalue weighted by molar-refractivity contribution is 0.357. The highest BCUT2D eigenvalue weighted by atomic mass is 32.2. The predicted molar refractivity (Wildman–Crippen MR) is 122 cm³/mol. The highest BCUT2D eigenvalue weighted by Gasteiger charge is 2.36. The van der Waals surface area contributed by atoms with Gasteiger partial charge in [-0.15, -0.1) is 0 Å². The van der Waals surface area contributed by atoms with E-state index in [1.165, 1.54) is 51.7 Å². The summed E-state index contributed by atoms with van der Waals surface area (Å²) in [5.74, 6) is -12.4. The number of ether oxygens (including phenoxy) is 3. The summed E-state index contributed by atoms with van der Waals surface area (Å²) in [4.78, 5) is 11.0. The first-order valence-electron chi connectivity index (χ1n) is 10.2. The van der Waals surface area contributed by atoms with E-state index >= 15 is 0 Å². The number of benzene rings is 3. The first kappa shape index (κ1) is 25.9. The lowest BCUT2D eigenvalue weighted by atomic mass is 10.1. The molecule has 0 radical (unpaired) electrons. The molecule has 0 unspecified atom stereocenters. The number of pyridine rings is 1. The molecule has 4 rings (SSSR count). The van der Waals surface area contributed by atoms with E-state index in [4.69, 9.17) is 14.2 Å². The lowest BCUT2D eigenvalue weighted by Crippen LogP contribution is -2.24. The Kier molecular flexibility index (Phi) is 6.59. The van der Waals surface area contributed by atoms with E-state index in [1.807, 2.05) is 0 Å². The monoisotopic (exact) mass is 541 g/mol. The van der Waals surface area contributed by atoms with Crippen molar-refractivity contribution in [1.82, 2.24) is 3.97 Å². The molecule has 194 valence electrons. The normalized spacial score (nSPS) is 11.6. The molecule has 13 heteroatoms. The Morgan fingerprint density at radius 2 is 1.24 bits per heavy atom. The van der Waals surface area contributed by atoms with Gasteiger partial charge in [0.1, 0.15) is 17.2 Å². The van der Waals surface area contributed by atoms with Crippen LogP contribution in [0.5, 0.6) is 17.2 Å². The van der Waals surface area contributed by atoms with Crippen molar-refractivity contribution in [3.05, 3.63) is 81.8 Å². The summed E-state index contributed by atoms with van der Waals surface area (Å²) < 4.78 is 114. The molecule has 0 N–H and O–H groups in total. The number of hydrogen-bond donors (Lipinski definition) is 0. The van der Waals surface area contributed by atoms with Gasteiger partial charge >= 0.3 is 0 Å². The Hall–Kier alpha value is -4.13. The molecule has 1 aromatic heterocycles. The van der Waals surface area contributed by atoms with Crippen LogP contribution in [0.4, 0.5) is 22.0 Å². The van der Waals surface area contributed by atoms with E-state index in [9.17, 15) is 35.2 Å². The van der Waals surface area contributed by atoms with Crippen LogP contribution in [0.2, 0.25) is 0 Å². The molecular weight excluding hydrogens is 525 g/mol. The van der Waals surface area contributed by atoms with Crippen molar-refractivity contribution in [3.8, 4) is 28.5 Å². The Balaban J connectivity index is 2.26. The van der Waals surface area contributed by atoms with Gasteiger partial charge < -0.3 is 14.2 Å². The number of nitrogens with zero attached hydrogens (tertiary/aromatic N) is 1. The molecule has 0 atom stereocenters. The molecule has 0 saturated carbocycles. The van der Waals surface area contributed by atoms with Crippen LogP contribution in [0.25, 0.3) is 22.2 Å². The highest BCUT2D eigenvalue weighted by molar-refractivity contribution is 7.90. The Labute approximate surface area is 206 Å². The third-order valence-corrected chi connectivity index (χ3v) is 7.26. The van der Waals surface area contributed by atoms with E-state index in [1.54, 1.807) is 0 Å². The van der Waals surface area contributed by atoms with Gasteiger partial charge in [0.25, 0.3) is 10.0 Å². The van der Waals surface area contributed by atoms with Crippen LogP contribution in [-0.2, 0) is 10.0 Å². The molecule has 0 spiro atoms. The minimum absolute atomic E-state index is 0.0306.